The molecule has 1 amide bonds. The average Bonchev–Trinajstić information content (AvgIpc) is 3.41. The summed E-state index contributed by atoms with van der Waals surface area (Å²) in [5.41, 5.74) is 1.86. The number of rotatable bonds is 4. The highest BCUT2D eigenvalue weighted by Crippen LogP contribution is 2.36. The molecule has 2 aliphatic rings. The molecule has 1 saturated heterocycles. The fourth-order valence-electron chi connectivity index (χ4n) is 4.16. The van der Waals surface area contributed by atoms with Gasteiger partial charge in [-0.2, -0.15) is 0 Å². The maximum atomic E-state index is 13.0. The van der Waals surface area contributed by atoms with E-state index in [1.54, 1.807) is 0 Å². The predicted octanol–water partition coefficient (Wildman–Crippen LogP) is 4.81. The zero-order valence-electron chi connectivity index (χ0n) is 15.6. The SMILES string of the molecule is CC(C)c1cc([C@@H]2CCCN2C(=O)c2cc(C3CCCCC3)no2)on1. The highest BCUT2D eigenvalue weighted by molar-refractivity contribution is 5.92. The summed E-state index contributed by atoms with van der Waals surface area (Å²) in [7, 11) is 0. The summed E-state index contributed by atoms with van der Waals surface area (Å²) in [5, 5.41) is 8.34. The van der Waals surface area contributed by atoms with Gasteiger partial charge in [0, 0.05) is 24.6 Å². The Labute approximate surface area is 153 Å². The van der Waals surface area contributed by atoms with Gasteiger partial charge >= 0.3 is 0 Å². The van der Waals surface area contributed by atoms with Gasteiger partial charge in [0.25, 0.3) is 5.91 Å². The maximum absolute atomic E-state index is 13.0. The maximum Gasteiger partial charge on any atom is 0.293 e. The molecule has 1 aliphatic heterocycles. The normalized spacial score (nSPS) is 21.7. The van der Waals surface area contributed by atoms with Crippen molar-refractivity contribution < 1.29 is 13.8 Å². The fourth-order valence-corrected chi connectivity index (χ4v) is 4.16. The van der Waals surface area contributed by atoms with Crippen LogP contribution in [0.25, 0.3) is 0 Å². The predicted molar refractivity (Wildman–Crippen MR) is 95.9 cm³/mol. The summed E-state index contributed by atoms with van der Waals surface area (Å²) in [6, 6.07) is 3.77. The van der Waals surface area contributed by atoms with E-state index in [9.17, 15) is 4.79 Å². The largest absolute Gasteiger partial charge is 0.359 e. The molecule has 2 aromatic heterocycles. The molecule has 3 heterocycles. The van der Waals surface area contributed by atoms with Gasteiger partial charge in [0.2, 0.25) is 5.76 Å². The minimum absolute atomic E-state index is 0.0641. The van der Waals surface area contributed by atoms with Gasteiger partial charge in [-0.25, -0.2) is 0 Å². The van der Waals surface area contributed by atoms with E-state index in [1.165, 1.54) is 19.3 Å². The fraction of sp³-hybridized carbons (Fsp3) is 0.650. The monoisotopic (exact) mass is 357 g/mol. The van der Waals surface area contributed by atoms with Crippen LogP contribution in [0.4, 0.5) is 0 Å². The van der Waals surface area contributed by atoms with E-state index in [-0.39, 0.29) is 11.9 Å². The summed E-state index contributed by atoms with van der Waals surface area (Å²) >= 11 is 0. The summed E-state index contributed by atoms with van der Waals surface area (Å²) in [5.74, 6) is 1.77. The number of amides is 1. The molecule has 0 aromatic carbocycles. The van der Waals surface area contributed by atoms with Crippen molar-refractivity contribution in [1.82, 2.24) is 15.2 Å². The first kappa shape index (κ1) is 17.3. The van der Waals surface area contributed by atoms with Gasteiger partial charge in [0.1, 0.15) is 0 Å². The van der Waals surface area contributed by atoms with Crippen molar-refractivity contribution in [2.45, 2.75) is 76.7 Å². The van der Waals surface area contributed by atoms with E-state index in [4.69, 9.17) is 9.05 Å². The standard InChI is InChI=1S/C20H27N3O3/c1-13(2)15-11-18(25-21-15)17-9-6-10-23(17)20(24)19-12-16(22-26-19)14-7-4-3-5-8-14/h11-14,17H,3-10H2,1-2H3/t17-/m0/s1. The van der Waals surface area contributed by atoms with E-state index >= 15 is 0 Å². The Morgan fingerprint density at radius 2 is 1.88 bits per heavy atom. The minimum Gasteiger partial charge on any atom is -0.359 e. The molecule has 6 nitrogen and oxygen atoms in total. The van der Waals surface area contributed by atoms with E-state index in [2.05, 4.69) is 24.2 Å². The van der Waals surface area contributed by atoms with Crippen molar-refractivity contribution in [3.63, 3.8) is 0 Å². The molecule has 0 spiro atoms. The van der Waals surface area contributed by atoms with Crippen molar-refractivity contribution in [2.24, 2.45) is 0 Å². The number of hydrogen-bond acceptors (Lipinski definition) is 5. The summed E-state index contributed by atoms with van der Waals surface area (Å²) in [6.45, 7) is 4.88. The molecule has 1 atom stereocenters. The lowest BCUT2D eigenvalue weighted by Crippen LogP contribution is -2.30. The van der Waals surface area contributed by atoms with Crippen LogP contribution in [0.2, 0.25) is 0 Å². The molecular weight excluding hydrogens is 330 g/mol. The first-order valence-electron chi connectivity index (χ1n) is 9.87. The molecule has 26 heavy (non-hydrogen) atoms. The van der Waals surface area contributed by atoms with Crippen LogP contribution in [-0.4, -0.2) is 27.7 Å². The van der Waals surface area contributed by atoms with Gasteiger partial charge in [0.05, 0.1) is 17.4 Å². The highest BCUT2D eigenvalue weighted by atomic mass is 16.5. The van der Waals surface area contributed by atoms with E-state index in [0.717, 1.165) is 42.8 Å². The molecule has 0 bridgehead atoms. The number of nitrogens with zero attached hydrogens (tertiary/aromatic N) is 3. The van der Waals surface area contributed by atoms with Crippen LogP contribution < -0.4 is 0 Å². The van der Waals surface area contributed by atoms with Gasteiger partial charge in [0.15, 0.2) is 5.76 Å². The molecule has 6 heteroatoms. The lowest BCUT2D eigenvalue weighted by molar-refractivity contribution is 0.0672. The topological polar surface area (TPSA) is 72.4 Å². The summed E-state index contributed by atoms with van der Waals surface area (Å²) < 4.78 is 11.0. The van der Waals surface area contributed by atoms with Crippen LogP contribution in [0, 0.1) is 0 Å². The zero-order chi connectivity index (χ0) is 18.1. The van der Waals surface area contributed by atoms with Gasteiger partial charge in [-0.15, -0.1) is 0 Å². The van der Waals surface area contributed by atoms with Crippen molar-refractivity contribution in [3.05, 3.63) is 35.0 Å². The quantitative estimate of drug-likeness (QED) is 0.785. The third-order valence-electron chi connectivity index (χ3n) is 5.74. The first-order chi connectivity index (χ1) is 12.6. The van der Waals surface area contributed by atoms with Crippen molar-refractivity contribution in [2.75, 3.05) is 6.54 Å². The Balaban J connectivity index is 1.50. The van der Waals surface area contributed by atoms with Crippen molar-refractivity contribution >= 4 is 5.91 Å². The molecular formula is C20H27N3O3. The second-order valence-electron chi connectivity index (χ2n) is 7.92. The second-order valence-corrected chi connectivity index (χ2v) is 7.92. The van der Waals surface area contributed by atoms with E-state index < -0.39 is 0 Å². The Bertz CT molecular complexity index is 758. The van der Waals surface area contributed by atoms with Crippen molar-refractivity contribution in [1.29, 1.82) is 0 Å². The molecule has 2 aromatic rings. The first-order valence-corrected chi connectivity index (χ1v) is 9.87. The Morgan fingerprint density at radius 3 is 2.62 bits per heavy atom. The van der Waals surface area contributed by atoms with Crippen LogP contribution in [0.1, 0.15) is 104 Å². The number of carbonyl (C=O) groups is 1. The molecule has 140 valence electrons. The van der Waals surface area contributed by atoms with Crippen LogP contribution in [0.5, 0.6) is 0 Å². The van der Waals surface area contributed by atoms with Gasteiger partial charge in [-0.3, -0.25) is 4.79 Å². The van der Waals surface area contributed by atoms with Crippen molar-refractivity contribution in [3.8, 4) is 0 Å². The Morgan fingerprint density at radius 1 is 1.08 bits per heavy atom. The molecule has 0 radical (unpaired) electrons. The minimum atomic E-state index is -0.0930. The number of aromatic nitrogens is 2. The van der Waals surface area contributed by atoms with Crippen LogP contribution >= 0.6 is 0 Å². The van der Waals surface area contributed by atoms with E-state index in [1.807, 2.05) is 17.0 Å². The Hall–Kier alpha value is -2.11. The lowest BCUT2D eigenvalue weighted by Gasteiger charge is -2.21. The van der Waals surface area contributed by atoms with Crippen LogP contribution in [0.15, 0.2) is 21.2 Å². The lowest BCUT2D eigenvalue weighted by atomic mass is 9.87. The van der Waals surface area contributed by atoms with E-state index in [0.29, 0.717) is 24.1 Å². The molecule has 4 rings (SSSR count). The highest BCUT2D eigenvalue weighted by Gasteiger charge is 2.35. The number of hydrogen-bond donors (Lipinski definition) is 0. The number of carbonyl (C=O) groups excluding carboxylic acids is 1. The molecule has 1 saturated carbocycles. The van der Waals surface area contributed by atoms with Crippen LogP contribution in [-0.2, 0) is 0 Å². The number of likely N-dealkylation sites (tertiary alicyclic amines) is 1. The zero-order valence-corrected chi connectivity index (χ0v) is 15.6. The smallest absolute Gasteiger partial charge is 0.293 e. The second kappa shape index (κ2) is 7.25. The van der Waals surface area contributed by atoms with Crippen LogP contribution in [0.3, 0.4) is 0 Å². The molecule has 0 N–H and O–H groups in total. The molecule has 1 aliphatic carbocycles. The average molecular weight is 357 g/mol. The van der Waals surface area contributed by atoms with Gasteiger partial charge in [-0.05, 0) is 31.6 Å². The Kier molecular flexibility index (Phi) is 4.83. The summed E-state index contributed by atoms with van der Waals surface area (Å²) in [4.78, 5) is 14.8. The van der Waals surface area contributed by atoms with Gasteiger partial charge < -0.3 is 13.9 Å². The molecule has 0 unspecified atom stereocenters. The summed E-state index contributed by atoms with van der Waals surface area (Å²) in [6.07, 6.45) is 7.90. The van der Waals surface area contributed by atoms with Gasteiger partial charge in [-0.1, -0.05) is 43.4 Å². The molecule has 2 fully saturated rings. The third-order valence-corrected chi connectivity index (χ3v) is 5.74. The third kappa shape index (κ3) is 3.29.